The number of nitrogens with zero attached hydrogens (tertiary/aromatic N) is 2. The summed E-state index contributed by atoms with van der Waals surface area (Å²) in [7, 11) is 1.31. The van der Waals surface area contributed by atoms with Crippen LogP contribution in [0.15, 0.2) is 69.6 Å². The molecule has 1 unspecified atom stereocenters. The molecular formula is C23H19ClN2O3S. The third kappa shape index (κ3) is 3.53. The highest BCUT2D eigenvalue weighted by atomic mass is 35.5. The SMILES string of the molecule is COC(=O)C1=C(C)N=c2sc(=Cc3ccc(C)cc3)c(=O)n2C1c1ccccc1Cl. The van der Waals surface area contributed by atoms with Crippen LogP contribution in [0.3, 0.4) is 0 Å². The Hall–Kier alpha value is -2.96. The molecule has 1 aromatic heterocycles. The largest absolute Gasteiger partial charge is 0.466 e. The van der Waals surface area contributed by atoms with Crippen LogP contribution >= 0.6 is 22.9 Å². The molecule has 0 aliphatic carbocycles. The molecule has 2 heterocycles. The van der Waals surface area contributed by atoms with E-state index in [1.165, 1.54) is 23.0 Å². The van der Waals surface area contributed by atoms with Crippen molar-refractivity contribution in [3.05, 3.63) is 101 Å². The number of carbonyl (C=O) groups excluding carboxylic acids is 1. The van der Waals surface area contributed by atoms with Gasteiger partial charge in [0.15, 0.2) is 4.80 Å². The van der Waals surface area contributed by atoms with Crippen LogP contribution in [0.5, 0.6) is 0 Å². The van der Waals surface area contributed by atoms with Crippen molar-refractivity contribution in [2.45, 2.75) is 19.9 Å². The molecule has 0 fully saturated rings. The van der Waals surface area contributed by atoms with Crippen molar-refractivity contribution in [1.82, 2.24) is 4.57 Å². The van der Waals surface area contributed by atoms with Gasteiger partial charge in [-0.1, -0.05) is 71.0 Å². The van der Waals surface area contributed by atoms with E-state index in [9.17, 15) is 9.59 Å². The van der Waals surface area contributed by atoms with Gasteiger partial charge in [-0.15, -0.1) is 0 Å². The number of ether oxygens (including phenoxy) is 1. The predicted molar refractivity (Wildman–Crippen MR) is 118 cm³/mol. The van der Waals surface area contributed by atoms with Crippen molar-refractivity contribution in [2.75, 3.05) is 7.11 Å². The maximum Gasteiger partial charge on any atom is 0.338 e. The van der Waals surface area contributed by atoms with E-state index in [4.69, 9.17) is 16.3 Å². The number of thiazole rings is 1. The highest BCUT2D eigenvalue weighted by molar-refractivity contribution is 7.07. The predicted octanol–water partition coefficient (Wildman–Crippen LogP) is 3.37. The summed E-state index contributed by atoms with van der Waals surface area (Å²) in [6, 6.07) is 14.4. The van der Waals surface area contributed by atoms with Gasteiger partial charge in [-0.3, -0.25) is 9.36 Å². The summed E-state index contributed by atoms with van der Waals surface area (Å²) in [5.74, 6) is -0.533. The second-order valence-electron chi connectivity index (χ2n) is 7.01. The van der Waals surface area contributed by atoms with Crippen LogP contribution in [0.25, 0.3) is 6.08 Å². The fourth-order valence-electron chi connectivity index (χ4n) is 3.50. The van der Waals surface area contributed by atoms with Crippen LogP contribution in [-0.2, 0) is 9.53 Å². The summed E-state index contributed by atoms with van der Waals surface area (Å²) in [6.07, 6.45) is 1.84. The lowest BCUT2D eigenvalue weighted by molar-refractivity contribution is -0.136. The van der Waals surface area contributed by atoms with Gasteiger partial charge in [-0.2, -0.15) is 0 Å². The van der Waals surface area contributed by atoms with Crippen molar-refractivity contribution in [1.29, 1.82) is 0 Å². The molecule has 5 nitrogen and oxygen atoms in total. The molecule has 4 rings (SSSR count). The number of benzene rings is 2. The molecule has 1 aliphatic rings. The number of rotatable bonds is 3. The van der Waals surface area contributed by atoms with E-state index in [1.807, 2.05) is 49.4 Å². The Labute approximate surface area is 182 Å². The van der Waals surface area contributed by atoms with Crippen molar-refractivity contribution in [2.24, 2.45) is 4.99 Å². The van der Waals surface area contributed by atoms with Crippen LogP contribution < -0.4 is 14.9 Å². The van der Waals surface area contributed by atoms with Gasteiger partial charge in [-0.05, 0) is 37.1 Å². The Morgan fingerprint density at radius 2 is 1.87 bits per heavy atom. The fraction of sp³-hybridized carbons (Fsp3) is 0.174. The molecule has 0 radical (unpaired) electrons. The summed E-state index contributed by atoms with van der Waals surface area (Å²) in [4.78, 5) is 31.1. The van der Waals surface area contributed by atoms with Gasteiger partial charge in [0.2, 0.25) is 0 Å². The molecule has 3 aromatic rings. The topological polar surface area (TPSA) is 60.7 Å². The molecule has 0 spiro atoms. The number of hydrogen-bond donors (Lipinski definition) is 0. The summed E-state index contributed by atoms with van der Waals surface area (Å²) >= 11 is 7.75. The highest BCUT2D eigenvalue weighted by Crippen LogP contribution is 2.34. The fourth-order valence-corrected chi connectivity index (χ4v) is 4.78. The third-order valence-corrected chi connectivity index (χ3v) is 6.33. The first kappa shape index (κ1) is 20.3. The lowest BCUT2D eigenvalue weighted by atomic mass is 9.96. The van der Waals surface area contributed by atoms with Gasteiger partial charge in [0, 0.05) is 5.02 Å². The highest BCUT2D eigenvalue weighted by Gasteiger charge is 2.34. The number of allylic oxidation sites excluding steroid dienone is 1. The number of halogens is 1. The molecule has 30 heavy (non-hydrogen) atoms. The Morgan fingerprint density at radius 3 is 2.53 bits per heavy atom. The van der Waals surface area contributed by atoms with Gasteiger partial charge in [-0.25, -0.2) is 9.79 Å². The van der Waals surface area contributed by atoms with Crippen LogP contribution in [0, 0.1) is 6.92 Å². The van der Waals surface area contributed by atoms with Crippen LogP contribution in [-0.4, -0.2) is 17.6 Å². The standard InChI is InChI=1S/C23H19ClN2O3S/c1-13-8-10-15(11-9-13)12-18-21(27)26-20(16-6-4-5-7-17(16)24)19(22(28)29-3)14(2)25-23(26)30-18/h4-12,20H,1-3H3. The maximum absolute atomic E-state index is 13.4. The lowest BCUT2D eigenvalue weighted by Gasteiger charge is -2.25. The first-order chi connectivity index (χ1) is 14.4. The molecule has 2 aromatic carbocycles. The molecule has 1 aliphatic heterocycles. The molecule has 0 N–H and O–H groups in total. The number of aryl methyl sites for hydroxylation is 1. The van der Waals surface area contributed by atoms with E-state index < -0.39 is 12.0 Å². The lowest BCUT2D eigenvalue weighted by Crippen LogP contribution is -2.39. The minimum Gasteiger partial charge on any atom is -0.466 e. The second kappa shape index (κ2) is 8.05. The van der Waals surface area contributed by atoms with Gasteiger partial charge in [0.1, 0.15) is 6.04 Å². The second-order valence-corrected chi connectivity index (χ2v) is 8.42. The van der Waals surface area contributed by atoms with E-state index in [0.717, 1.165) is 11.1 Å². The maximum atomic E-state index is 13.4. The Bertz CT molecular complexity index is 1350. The quantitative estimate of drug-likeness (QED) is 0.589. The number of esters is 1. The Kier molecular flexibility index (Phi) is 5.45. The normalized spacial score (nSPS) is 16.3. The zero-order valence-electron chi connectivity index (χ0n) is 16.7. The average molecular weight is 439 g/mol. The van der Waals surface area contributed by atoms with E-state index >= 15 is 0 Å². The minimum absolute atomic E-state index is 0.224. The first-order valence-corrected chi connectivity index (χ1v) is 10.5. The van der Waals surface area contributed by atoms with Crippen molar-refractivity contribution in [3.63, 3.8) is 0 Å². The monoisotopic (exact) mass is 438 g/mol. The first-order valence-electron chi connectivity index (χ1n) is 9.32. The summed E-state index contributed by atoms with van der Waals surface area (Å²) in [5.41, 5.74) is 3.31. The smallest absolute Gasteiger partial charge is 0.338 e. The number of carbonyl (C=O) groups is 1. The van der Waals surface area contributed by atoms with Crippen molar-refractivity contribution < 1.29 is 9.53 Å². The molecule has 0 saturated carbocycles. The molecule has 0 amide bonds. The molecule has 1 atom stereocenters. The van der Waals surface area contributed by atoms with E-state index in [1.54, 1.807) is 19.1 Å². The van der Waals surface area contributed by atoms with Crippen LogP contribution in [0.4, 0.5) is 0 Å². The number of fused-ring (bicyclic) bond motifs is 1. The number of methoxy groups -OCH3 is 1. The van der Waals surface area contributed by atoms with E-state index in [-0.39, 0.29) is 5.56 Å². The molecule has 0 bridgehead atoms. The molecule has 7 heteroatoms. The summed E-state index contributed by atoms with van der Waals surface area (Å²) < 4.78 is 7.07. The summed E-state index contributed by atoms with van der Waals surface area (Å²) in [6.45, 7) is 3.76. The van der Waals surface area contributed by atoms with Crippen molar-refractivity contribution in [3.8, 4) is 0 Å². The Morgan fingerprint density at radius 1 is 1.17 bits per heavy atom. The number of aromatic nitrogens is 1. The molecule has 0 saturated heterocycles. The van der Waals surface area contributed by atoms with Crippen molar-refractivity contribution >= 4 is 35.0 Å². The summed E-state index contributed by atoms with van der Waals surface area (Å²) in [5, 5.41) is 0.465. The zero-order valence-corrected chi connectivity index (χ0v) is 18.3. The van der Waals surface area contributed by atoms with Crippen LogP contribution in [0.2, 0.25) is 5.02 Å². The average Bonchev–Trinajstić information content (AvgIpc) is 3.03. The van der Waals surface area contributed by atoms with E-state index in [2.05, 4.69) is 4.99 Å². The third-order valence-electron chi connectivity index (χ3n) is 5.00. The van der Waals surface area contributed by atoms with Gasteiger partial charge >= 0.3 is 5.97 Å². The Balaban J connectivity index is 2.00. The zero-order chi connectivity index (χ0) is 21.4. The van der Waals surface area contributed by atoms with Gasteiger partial charge < -0.3 is 4.74 Å². The van der Waals surface area contributed by atoms with Gasteiger partial charge in [0.05, 0.1) is 22.9 Å². The number of hydrogen-bond acceptors (Lipinski definition) is 5. The molecule has 152 valence electrons. The minimum atomic E-state index is -0.706. The van der Waals surface area contributed by atoms with Gasteiger partial charge in [0.25, 0.3) is 5.56 Å². The van der Waals surface area contributed by atoms with E-state index in [0.29, 0.717) is 31.2 Å². The molecular weight excluding hydrogens is 420 g/mol. The van der Waals surface area contributed by atoms with Crippen LogP contribution in [0.1, 0.15) is 29.7 Å².